The van der Waals surface area contributed by atoms with Crippen molar-refractivity contribution in [3.05, 3.63) is 78.9 Å². The lowest BCUT2D eigenvalue weighted by atomic mass is 9.82. The molecule has 2 aliphatic carbocycles. The summed E-state index contributed by atoms with van der Waals surface area (Å²) < 4.78 is 52.1. The minimum absolute atomic E-state index is 0.0231. The molecule has 0 saturated heterocycles. The van der Waals surface area contributed by atoms with Crippen LogP contribution in [0, 0.1) is 23.7 Å². The standard InChI is InChI=1S/C45H52O18/c1-4-38(46)57-24-20-55-22-26-59-40(48)29-6-8-32(9-7-29)43(51)62-35-18-19-37(36(28-35)45(53)54-3)63-44(52)33-12-10-31(11-13-33)42(50)61-34-16-14-30(15-17-34)41(49)60-27-23-56-21-25-58-39(47)5-2/h4-5,14-19,28-29,31-33H,1-2,6-13,20-27H2,3H3. The number of methoxy groups -OCH3 is 1. The lowest BCUT2D eigenvalue weighted by Crippen LogP contribution is -2.30. The largest absolute Gasteiger partial charge is 0.465 e. The van der Waals surface area contributed by atoms with Crippen LogP contribution < -0.4 is 14.2 Å². The van der Waals surface area contributed by atoms with Gasteiger partial charge in [0.25, 0.3) is 0 Å². The summed E-state index contributed by atoms with van der Waals surface area (Å²) in [4.78, 5) is 98.8. The predicted molar refractivity (Wildman–Crippen MR) is 217 cm³/mol. The van der Waals surface area contributed by atoms with Crippen LogP contribution in [0.4, 0.5) is 0 Å². The van der Waals surface area contributed by atoms with E-state index in [0.29, 0.717) is 51.4 Å². The molecule has 0 aliphatic heterocycles. The molecule has 0 N–H and O–H groups in total. The van der Waals surface area contributed by atoms with Crippen molar-refractivity contribution in [1.82, 2.24) is 0 Å². The quantitative estimate of drug-likeness (QED) is 0.0484. The van der Waals surface area contributed by atoms with E-state index in [2.05, 4.69) is 13.2 Å². The van der Waals surface area contributed by atoms with Crippen LogP contribution in [-0.2, 0) is 61.9 Å². The van der Waals surface area contributed by atoms with Gasteiger partial charge in [-0.3, -0.25) is 19.2 Å². The second-order valence-corrected chi connectivity index (χ2v) is 14.3. The monoisotopic (exact) mass is 880 g/mol. The summed E-state index contributed by atoms with van der Waals surface area (Å²) in [5.41, 5.74) is 0.107. The number of carbonyl (C=O) groups is 8. The molecule has 0 aromatic heterocycles. The summed E-state index contributed by atoms with van der Waals surface area (Å²) in [7, 11) is 1.16. The summed E-state index contributed by atoms with van der Waals surface area (Å²) in [6.07, 6.45) is 5.01. The van der Waals surface area contributed by atoms with Crippen LogP contribution in [-0.4, -0.2) is 108 Å². The molecule has 4 rings (SSSR count). The van der Waals surface area contributed by atoms with Crippen molar-refractivity contribution in [2.75, 3.05) is 60.0 Å². The lowest BCUT2D eigenvalue weighted by Gasteiger charge is -2.26. The number of hydrogen-bond donors (Lipinski definition) is 0. The van der Waals surface area contributed by atoms with E-state index in [4.69, 9.17) is 47.4 Å². The summed E-state index contributed by atoms with van der Waals surface area (Å²) in [6, 6.07) is 9.85. The van der Waals surface area contributed by atoms with Crippen LogP contribution in [0.15, 0.2) is 67.8 Å². The van der Waals surface area contributed by atoms with Crippen molar-refractivity contribution in [3.63, 3.8) is 0 Å². The molecule has 0 atom stereocenters. The molecule has 0 radical (unpaired) electrons. The van der Waals surface area contributed by atoms with Crippen molar-refractivity contribution in [2.45, 2.75) is 51.4 Å². The molecule has 0 spiro atoms. The molecule has 0 unspecified atom stereocenters. The Bertz CT molecular complexity index is 1920. The van der Waals surface area contributed by atoms with Crippen molar-refractivity contribution in [2.24, 2.45) is 23.7 Å². The molecule has 18 nitrogen and oxygen atoms in total. The predicted octanol–water partition coefficient (Wildman–Crippen LogP) is 4.69. The van der Waals surface area contributed by atoms with Gasteiger partial charge < -0.3 is 47.4 Å². The molecule has 2 fully saturated rings. The van der Waals surface area contributed by atoms with E-state index >= 15 is 0 Å². The maximum Gasteiger partial charge on any atom is 0.341 e. The Morgan fingerprint density at radius 3 is 1.38 bits per heavy atom. The fraction of sp³-hybridized carbons (Fsp3) is 0.467. The number of rotatable bonds is 23. The Hall–Kier alpha value is -6.40. The molecular formula is C45H52O18. The van der Waals surface area contributed by atoms with Crippen molar-refractivity contribution < 1.29 is 85.7 Å². The zero-order valence-electron chi connectivity index (χ0n) is 35.1. The zero-order valence-corrected chi connectivity index (χ0v) is 35.1. The number of hydrogen-bond acceptors (Lipinski definition) is 18. The van der Waals surface area contributed by atoms with Crippen LogP contribution in [0.3, 0.4) is 0 Å². The smallest absolute Gasteiger partial charge is 0.341 e. The Morgan fingerprint density at radius 2 is 0.905 bits per heavy atom. The molecule has 0 bridgehead atoms. The van der Waals surface area contributed by atoms with Gasteiger partial charge in [-0.05, 0) is 93.8 Å². The highest BCUT2D eigenvalue weighted by atomic mass is 16.6. The normalized spacial score (nSPS) is 18.0. The minimum atomic E-state index is -0.820. The second-order valence-electron chi connectivity index (χ2n) is 14.3. The van der Waals surface area contributed by atoms with Gasteiger partial charge in [0.2, 0.25) is 0 Å². The van der Waals surface area contributed by atoms with Crippen LogP contribution in [0.1, 0.15) is 72.1 Å². The molecular weight excluding hydrogens is 828 g/mol. The van der Waals surface area contributed by atoms with Crippen molar-refractivity contribution >= 4 is 47.8 Å². The number of benzene rings is 2. The average molecular weight is 881 g/mol. The fourth-order valence-electron chi connectivity index (χ4n) is 6.63. The highest BCUT2D eigenvalue weighted by Gasteiger charge is 2.34. The topological polar surface area (TPSA) is 229 Å². The van der Waals surface area contributed by atoms with Gasteiger partial charge in [0.15, 0.2) is 0 Å². The second kappa shape index (κ2) is 26.2. The molecule has 2 aliphatic rings. The van der Waals surface area contributed by atoms with Gasteiger partial charge in [0.05, 0.1) is 62.8 Å². The SMILES string of the molecule is C=CC(=O)OCCOCCOC(=O)c1ccc(OC(=O)C2CCC(C(=O)Oc3ccc(OC(=O)C4CCC(C(=O)OCCOCCOC(=O)C=C)CC4)cc3C(=O)OC)CC2)cc1. The summed E-state index contributed by atoms with van der Waals surface area (Å²) in [5.74, 6) is -6.30. The summed E-state index contributed by atoms with van der Waals surface area (Å²) in [5, 5.41) is 0. The molecule has 0 heterocycles. The Balaban J connectivity index is 1.16. The van der Waals surface area contributed by atoms with Crippen molar-refractivity contribution in [1.29, 1.82) is 0 Å². The molecule has 0 amide bonds. The highest BCUT2D eigenvalue weighted by molar-refractivity contribution is 5.94. The van der Waals surface area contributed by atoms with Crippen LogP contribution in [0.5, 0.6) is 17.2 Å². The van der Waals surface area contributed by atoms with Gasteiger partial charge in [0, 0.05) is 12.2 Å². The fourth-order valence-corrected chi connectivity index (χ4v) is 6.63. The van der Waals surface area contributed by atoms with Gasteiger partial charge >= 0.3 is 47.8 Å². The van der Waals surface area contributed by atoms with Gasteiger partial charge in [0.1, 0.15) is 49.2 Å². The molecule has 2 aromatic carbocycles. The molecule has 340 valence electrons. The van der Waals surface area contributed by atoms with E-state index in [-0.39, 0.29) is 87.1 Å². The molecule has 18 heteroatoms. The number of ether oxygens (including phenoxy) is 10. The third-order valence-corrected chi connectivity index (χ3v) is 10.1. The molecule has 2 aromatic rings. The van der Waals surface area contributed by atoms with E-state index in [1.165, 1.54) is 42.5 Å². The summed E-state index contributed by atoms with van der Waals surface area (Å²) >= 11 is 0. The first-order chi connectivity index (χ1) is 30.4. The van der Waals surface area contributed by atoms with E-state index in [9.17, 15) is 38.4 Å². The van der Waals surface area contributed by atoms with Gasteiger partial charge in [-0.2, -0.15) is 0 Å². The first-order valence-corrected chi connectivity index (χ1v) is 20.5. The van der Waals surface area contributed by atoms with E-state index in [1.807, 2.05) is 0 Å². The third kappa shape index (κ3) is 16.4. The maximum atomic E-state index is 13.2. The molecule has 63 heavy (non-hydrogen) atoms. The summed E-state index contributed by atoms with van der Waals surface area (Å²) in [6.45, 7) is 7.20. The van der Waals surface area contributed by atoms with Gasteiger partial charge in [-0.1, -0.05) is 13.2 Å². The number of carbonyl (C=O) groups excluding carboxylic acids is 8. The van der Waals surface area contributed by atoms with Crippen LogP contribution in [0.2, 0.25) is 0 Å². The van der Waals surface area contributed by atoms with E-state index < -0.39 is 65.5 Å². The van der Waals surface area contributed by atoms with Crippen molar-refractivity contribution in [3.8, 4) is 17.2 Å². The maximum absolute atomic E-state index is 13.2. The Labute approximate surface area is 364 Å². The minimum Gasteiger partial charge on any atom is -0.465 e. The average Bonchev–Trinajstić information content (AvgIpc) is 3.30. The van der Waals surface area contributed by atoms with Gasteiger partial charge in [-0.15, -0.1) is 0 Å². The van der Waals surface area contributed by atoms with Crippen LogP contribution in [0.25, 0.3) is 0 Å². The Morgan fingerprint density at radius 1 is 0.492 bits per heavy atom. The van der Waals surface area contributed by atoms with E-state index in [0.717, 1.165) is 19.3 Å². The highest BCUT2D eigenvalue weighted by Crippen LogP contribution is 2.34. The zero-order chi connectivity index (χ0) is 45.6. The first kappa shape index (κ1) is 49.3. The third-order valence-electron chi connectivity index (χ3n) is 10.1. The Kier molecular flexibility index (Phi) is 20.5. The van der Waals surface area contributed by atoms with Gasteiger partial charge in [-0.25, -0.2) is 19.2 Å². The lowest BCUT2D eigenvalue weighted by molar-refractivity contribution is -0.153. The molecule has 2 saturated carbocycles. The van der Waals surface area contributed by atoms with E-state index in [1.54, 1.807) is 0 Å². The number of esters is 8. The first-order valence-electron chi connectivity index (χ1n) is 20.5. The van der Waals surface area contributed by atoms with Crippen LogP contribution >= 0.6 is 0 Å².